The van der Waals surface area contributed by atoms with Gasteiger partial charge in [0.2, 0.25) is 0 Å². The molecule has 0 bridgehead atoms. The molecule has 3 aromatic heterocycles. The Balaban J connectivity index is 1.52. The van der Waals surface area contributed by atoms with Crippen LogP contribution in [0.1, 0.15) is 33.1 Å². The van der Waals surface area contributed by atoms with Gasteiger partial charge in [-0.05, 0) is 63.4 Å². The number of halogens is 2. The normalized spacial score (nSPS) is 18.6. The van der Waals surface area contributed by atoms with Crippen LogP contribution in [0, 0.1) is 11.6 Å². The van der Waals surface area contributed by atoms with Crippen LogP contribution in [0.25, 0.3) is 22.2 Å². The van der Waals surface area contributed by atoms with Gasteiger partial charge in [0.1, 0.15) is 17.5 Å². The molecule has 0 spiro atoms. The fourth-order valence-corrected chi connectivity index (χ4v) is 4.78. The first-order valence-corrected chi connectivity index (χ1v) is 11.1. The van der Waals surface area contributed by atoms with Gasteiger partial charge >= 0.3 is 0 Å². The molecule has 1 fully saturated rings. The van der Waals surface area contributed by atoms with Crippen LogP contribution in [0.3, 0.4) is 0 Å². The van der Waals surface area contributed by atoms with Crippen LogP contribution in [0.4, 0.5) is 26.0 Å². The zero-order valence-corrected chi connectivity index (χ0v) is 18.4. The molecule has 3 N–H and O–H groups in total. The smallest absolute Gasteiger partial charge is 0.200 e. The van der Waals surface area contributed by atoms with Crippen LogP contribution in [-0.2, 0) is 0 Å². The summed E-state index contributed by atoms with van der Waals surface area (Å²) < 4.78 is 28.8. The van der Waals surface area contributed by atoms with Crippen molar-refractivity contribution < 1.29 is 13.9 Å². The summed E-state index contributed by atoms with van der Waals surface area (Å²) in [5, 5.41) is 13.9. The fourth-order valence-electron chi connectivity index (χ4n) is 4.78. The Morgan fingerprint density at radius 3 is 2.48 bits per heavy atom. The van der Waals surface area contributed by atoms with E-state index in [1.54, 1.807) is 0 Å². The fraction of sp³-hybridized carbons (Fsp3) is 0.280. The van der Waals surface area contributed by atoms with Crippen molar-refractivity contribution in [3.8, 4) is 17.1 Å². The van der Waals surface area contributed by atoms with E-state index >= 15 is 0 Å². The molecule has 0 radical (unpaired) electrons. The van der Waals surface area contributed by atoms with Gasteiger partial charge in [0.05, 0.1) is 39.7 Å². The van der Waals surface area contributed by atoms with Crippen LogP contribution in [-0.4, -0.2) is 32.1 Å². The lowest BCUT2D eigenvalue weighted by Crippen LogP contribution is -2.43. The summed E-state index contributed by atoms with van der Waals surface area (Å²) in [6, 6.07) is 9.98. The topological polar surface area (TPSA) is 77.1 Å². The molecule has 4 heterocycles. The highest BCUT2D eigenvalue weighted by Gasteiger charge is 2.25. The van der Waals surface area contributed by atoms with E-state index in [1.165, 1.54) is 36.9 Å². The lowest BCUT2D eigenvalue weighted by molar-refractivity contribution is 0.414. The maximum atomic E-state index is 14.4. The lowest BCUT2D eigenvalue weighted by Gasteiger charge is -2.40. The molecule has 6 nitrogen and oxygen atoms in total. The molecule has 2 unspecified atom stereocenters. The average molecular weight is 450 g/mol. The minimum absolute atomic E-state index is 0.0897. The van der Waals surface area contributed by atoms with Gasteiger partial charge in [-0.1, -0.05) is 6.07 Å². The lowest BCUT2D eigenvalue weighted by atomic mass is 9.97. The first-order chi connectivity index (χ1) is 15.9. The van der Waals surface area contributed by atoms with Gasteiger partial charge in [0, 0.05) is 18.3 Å². The van der Waals surface area contributed by atoms with Crippen molar-refractivity contribution in [3.05, 3.63) is 60.4 Å². The van der Waals surface area contributed by atoms with Gasteiger partial charge in [0.25, 0.3) is 0 Å². The van der Waals surface area contributed by atoms with E-state index < -0.39 is 11.6 Å². The molecule has 0 amide bonds. The van der Waals surface area contributed by atoms with E-state index in [2.05, 4.69) is 39.0 Å². The predicted octanol–water partition coefficient (Wildman–Crippen LogP) is 6.12. The number of hydrogen-bond acceptors (Lipinski definition) is 5. The first-order valence-electron chi connectivity index (χ1n) is 11.1. The Bertz CT molecular complexity index is 1270. The van der Waals surface area contributed by atoms with Crippen LogP contribution in [0.2, 0.25) is 0 Å². The molecule has 1 aliphatic heterocycles. The number of aromatic hydroxyl groups is 1. The summed E-state index contributed by atoms with van der Waals surface area (Å²) in [6.07, 6.45) is 6.86. The van der Waals surface area contributed by atoms with Crippen molar-refractivity contribution in [3.63, 3.8) is 0 Å². The molecule has 1 aliphatic rings. The van der Waals surface area contributed by atoms with E-state index in [0.717, 1.165) is 18.5 Å². The maximum absolute atomic E-state index is 14.4. The molecular weight excluding hydrogens is 424 g/mol. The highest BCUT2D eigenvalue weighted by molar-refractivity contribution is 5.99. The largest absolute Gasteiger partial charge is 0.494 e. The molecule has 2 atom stereocenters. The summed E-state index contributed by atoms with van der Waals surface area (Å²) in [4.78, 5) is 14.0. The summed E-state index contributed by atoms with van der Waals surface area (Å²) in [5.74, 6) is -0.961. The molecule has 8 heteroatoms. The predicted molar refractivity (Wildman–Crippen MR) is 126 cm³/mol. The number of aromatic nitrogens is 3. The molecule has 1 saturated heterocycles. The van der Waals surface area contributed by atoms with Crippen molar-refractivity contribution in [2.45, 2.75) is 45.2 Å². The van der Waals surface area contributed by atoms with Crippen LogP contribution < -0.4 is 10.2 Å². The molecule has 4 aromatic rings. The highest BCUT2D eigenvalue weighted by Crippen LogP contribution is 2.37. The number of nitrogens with zero attached hydrogens (tertiary/aromatic N) is 3. The van der Waals surface area contributed by atoms with E-state index in [-0.39, 0.29) is 17.1 Å². The van der Waals surface area contributed by atoms with Crippen LogP contribution >= 0.6 is 0 Å². The quantitative estimate of drug-likeness (QED) is 0.350. The van der Waals surface area contributed by atoms with Crippen LogP contribution in [0.5, 0.6) is 5.88 Å². The van der Waals surface area contributed by atoms with E-state index in [4.69, 9.17) is 0 Å². The summed E-state index contributed by atoms with van der Waals surface area (Å²) in [7, 11) is 0. The van der Waals surface area contributed by atoms with Gasteiger partial charge in [-0.2, -0.15) is 0 Å². The SMILES string of the molecule is CC1CCCC(C)N1c1ccc(Nc2cc(-c3c(F)cccc3F)nc3c[nH]c(O)c23)nc1. The second kappa shape index (κ2) is 8.35. The molecule has 5 rings (SSSR count). The summed E-state index contributed by atoms with van der Waals surface area (Å²) in [5.41, 5.74) is 1.77. The number of piperidine rings is 1. The van der Waals surface area contributed by atoms with Crippen molar-refractivity contribution in [1.29, 1.82) is 0 Å². The maximum Gasteiger partial charge on any atom is 0.200 e. The van der Waals surface area contributed by atoms with Crippen molar-refractivity contribution in [2.24, 2.45) is 0 Å². The third kappa shape index (κ3) is 3.86. The van der Waals surface area contributed by atoms with Crippen molar-refractivity contribution >= 4 is 28.1 Å². The van der Waals surface area contributed by atoms with Crippen molar-refractivity contribution in [2.75, 3.05) is 10.2 Å². The zero-order chi connectivity index (χ0) is 23.1. The number of H-pyrrole nitrogens is 1. The number of rotatable bonds is 4. The number of fused-ring (bicyclic) bond motifs is 1. The van der Waals surface area contributed by atoms with E-state index in [1.807, 2.05) is 18.3 Å². The number of anilines is 3. The number of aromatic amines is 1. The van der Waals surface area contributed by atoms with Crippen molar-refractivity contribution in [1.82, 2.24) is 15.0 Å². The molecule has 170 valence electrons. The Labute approximate surface area is 190 Å². The summed E-state index contributed by atoms with van der Waals surface area (Å²) >= 11 is 0. The number of hydrogen-bond donors (Lipinski definition) is 3. The second-order valence-electron chi connectivity index (χ2n) is 8.61. The molecule has 0 aliphatic carbocycles. The highest BCUT2D eigenvalue weighted by atomic mass is 19.1. The number of nitrogens with one attached hydrogen (secondary N) is 2. The van der Waals surface area contributed by atoms with Gasteiger partial charge in [0.15, 0.2) is 5.88 Å². The second-order valence-corrected chi connectivity index (χ2v) is 8.61. The van der Waals surface area contributed by atoms with Gasteiger partial charge in [-0.3, -0.25) is 0 Å². The molecule has 1 aromatic carbocycles. The number of benzene rings is 1. The minimum Gasteiger partial charge on any atom is -0.494 e. The van der Waals surface area contributed by atoms with E-state index in [0.29, 0.717) is 34.5 Å². The Morgan fingerprint density at radius 2 is 1.82 bits per heavy atom. The first kappa shape index (κ1) is 21.2. The minimum atomic E-state index is -0.709. The van der Waals surface area contributed by atoms with Gasteiger partial charge in [-0.15, -0.1) is 0 Å². The Morgan fingerprint density at radius 1 is 1.09 bits per heavy atom. The summed E-state index contributed by atoms with van der Waals surface area (Å²) in [6.45, 7) is 4.46. The zero-order valence-electron chi connectivity index (χ0n) is 18.4. The van der Waals surface area contributed by atoms with Crippen LogP contribution in [0.15, 0.2) is 48.8 Å². The van der Waals surface area contributed by atoms with E-state index in [9.17, 15) is 13.9 Å². The van der Waals surface area contributed by atoms with Gasteiger partial charge in [-0.25, -0.2) is 18.7 Å². The third-order valence-corrected chi connectivity index (χ3v) is 6.35. The molecule has 0 saturated carbocycles. The monoisotopic (exact) mass is 449 g/mol. The Hall–Kier alpha value is -3.68. The van der Waals surface area contributed by atoms with Gasteiger partial charge < -0.3 is 20.3 Å². The molecule has 33 heavy (non-hydrogen) atoms. The number of pyridine rings is 2. The third-order valence-electron chi connectivity index (χ3n) is 6.35. The standard InChI is InChI=1S/C25H25F2N5O/c1-14-5-3-6-15(2)32(14)16-9-10-22(28-12-16)31-20-11-19(23-17(26)7-4-8-18(23)27)30-21-13-29-25(33)24(20)21/h4,7-15,29,33H,3,5-6H2,1-2H3,(H,28,31). The average Bonchev–Trinajstić information content (AvgIpc) is 3.16. The Kier molecular flexibility index (Phi) is 5.36. The molecular formula is C25H25F2N5O.